The third-order valence-corrected chi connectivity index (χ3v) is 2.66. The van der Waals surface area contributed by atoms with Crippen LogP contribution in [0.2, 0.25) is 0 Å². The van der Waals surface area contributed by atoms with E-state index < -0.39 is 0 Å². The van der Waals surface area contributed by atoms with Crippen LogP contribution in [0.1, 0.15) is 26.2 Å². The summed E-state index contributed by atoms with van der Waals surface area (Å²) in [6.07, 6.45) is 3.50. The molecule has 3 heteroatoms. The van der Waals surface area contributed by atoms with Crippen LogP contribution in [-0.2, 0) is 0 Å². The highest BCUT2D eigenvalue weighted by molar-refractivity contribution is 5.56. The topological polar surface area (TPSA) is 47.3 Å². The number of nitrogens with two attached hydrogens (primary N) is 1. The van der Waals surface area contributed by atoms with Gasteiger partial charge in [-0.15, -0.1) is 0 Å². The van der Waals surface area contributed by atoms with Crippen molar-refractivity contribution >= 4 is 5.69 Å². The Kier molecular flexibility index (Phi) is 5.72. The molecule has 0 bridgehead atoms. The van der Waals surface area contributed by atoms with Crippen LogP contribution in [0.5, 0.6) is 5.75 Å². The molecule has 90 valence electrons. The molecule has 0 aromatic heterocycles. The maximum Gasteiger partial charge on any atom is 0.141 e. The second-order valence-corrected chi connectivity index (χ2v) is 3.92. The molecule has 0 saturated carbocycles. The van der Waals surface area contributed by atoms with Crippen molar-refractivity contribution in [2.45, 2.75) is 32.2 Å². The van der Waals surface area contributed by atoms with Gasteiger partial charge in [0, 0.05) is 12.6 Å². The minimum atomic E-state index is 0.330. The minimum absolute atomic E-state index is 0.330. The average Bonchev–Trinajstić information content (AvgIpc) is 2.34. The van der Waals surface area contributed by atoms with Crippen molar-refractivity contribution in [3.8, 4) is 5.75 Å². The fourth-order valence-electron chi connectivity index (χ4n) is 1.68. The molecule has 1 rings (SSSR count). The molecular weight excluding hydrogens is 200 g/mol. The van der Waals surface area contributed by atoms with Gasteiger partial charge >= 0.3 is 0 Å². The summed E-state index contributed by atoms with van der Waals surface area (Å²) < 4.78 is 5.29. The van der Waals surface area contributed by atoms with Crippen LogP contribution in [0, 0.1) is 0 Å². The van der Waals surface area contributed by atoms with Crippen molar-refractivity contribution in [2.75, 3.05) is 19.0 Å². The van der Waals surface area contributed by atoms with Crippen LogP contribution >= 0.6 is 0 Å². The fraction of sp³-hybridized carbons (Fsp3) is 0.538. The molecule has 16 heavy (non-hydrogen) atoms. The van der Waals surface area contributed by atoms with Gasteiger partial charge in [0.1, 0.15) is 5.75 Å². The first-order valence-corrected chi connectivity index (χ1v) is 5.91. The lowest BCUT2D eigenvalue weighted by atomic mass is 10.1. The van der Waals surface area contributed by atoms with Gasteiger partial charge < -0.3 is 15.8 Å². The van der Waals surface area contributed by atoms with E-state index >= 15 is 0 Å². The Bertz CT molecular complexity index is 302. The molecule has 0 aliphatic heterocycles. The summed E-state index contributed by atoms with van der Waals surface area (Å²) in [5, 5.41) is 3.43. The molecule has 1 unspecified atom stereocenters. The Hall–Kier alpha value is -1.22. The summed E-state index contributed by atoms with van der Waals surface area (Å²) in [7, 11) is 1.68. The summed E-state index contributed by atoms with van der Waals surface area (Å²) in [6, 6.07) is 8.27. The Morgan fingerprint density at radius 2 is 2.12 bits per heavy atom. The summed E-state index contributed by atoms with van der Waals surface area (Å²) in [6.45, 7) is 2.84. The molecule has 0 fully saturated rings. The van der Waals surface area contributed by atoms with Gasteiger partial charge in [-0.1, -0.05) is 31.9 Å². The van der Waals surface area contributed by atoms with Crippen molar-refractivity contribution < 1.29 is 4.74 Å². The molecule has 0 saturated heterocycles. The predicted molar refractivity (Wildman–Crippen MR) is 69.0 cm³/mol. The van der Waals surface area contributed by atoms with E-state index in [0.29, 0.717) is 12.6 Å². The molecule has 1 atom stereocenters. The number of rotatable bonds is 7. The van der Waals surface area contributed by atoms with Gasteiger partial charge in [-0.2, -0.15) is 0 Å². The van der Waals surface area contributed by atoms with Crippen molar-refractivity contribution in [1.29, 1.82) is 0 Å². The Balaban J connectivity index is 2.62. The summed E-state index contributed by atoms with van der Waals surface area (Å²) in [4.78, 5) is 0. The quantitative estimate of drug-likeness (QED) is 0.745. The molecule has 0 aliphatic carbocycles. The van der Waals surface area contributed by atoms with E-state index in [0.717, 1.165) is 17.9 Å². The highest BCUT2D eigenvalue weighted by Crippen LogP contribution is 2.24. The zero-order chi connectivity index (χ0) is 11.8. The van der Waals surface area contributed by atoms with Gasteiger partial charge in [-0.25, -0.2) is 0 Å². The van der Waals surface area contributed by atoms with Crippen molar-refractivity contribution in [2.24, 2.45) is 5.73 Å². The summed E-state index contributed by atoms with van der Waals surface area (Å²) in [5.74, 6) is 0.873. The van der Waals surface area contributed by atoms with E-state index in [1.54, 1.807) is 7.11 Å². The van der Waals surface area contributed by atoms with Gasteiger partial charge in [0.25, 0.3) is 0 Å². The number of para-hydroxylation sites is 2. The summed E-state index contributed by atoms with van der Waals surface area (Å²) >= 11 is 0. The minimum Gasteiger partial charge on any atom is -0.495 e. The molecular formula is C13H22N2O. The zero-order valence-electron chi connectivity index (χ0n) is 10.2. The maximum absolute atomic E-state index is 5.75. The number of benzene rings is 1. The number of hydrogen-bond acceptors (Lipinski definition) is 3. The van der Waals surface area contributed by atoms with Crippen LogP contribution in [0.15, 0.2) is 24.3 Å². The van der Waals surface area contributed by atoms with Gasteiger partial charge in [-0.05, 0) is 18.6 Å². The molecule has 0 radical (unpaired) electrons. The SMILES string of the molecule is CCCCC(CN)Nc1ccccc1OC. The van der Waals surface area contributed by atoms with E-state index in [1.165, 1.54) is 12.8 Å². The molecule has 0 aliphatic rings. The molecule has 3 nitrogen and oxygen atoms in total. The standard InChI is InChI=1S/C13H22N2O/c1-3-4-7-11(10-14)15-12-8-5-6-9-13(12)16-2/h5-6,8-9,11,15H,3-4,7,10,14H2,1-2H3. The van der Waals surface area contributed by atoms with Crippen LogP contribution in [-0.4, -0.2) is 19.7 Å². The molecule has 1 aromatic carbocycles. The second-order valence-electron chi connectivity index (χ2n) is 3.92. The average molecular weight is 222 g/mol. The Morgan fingerprint density at radius 1 is 1.38 bits per heavy atom. The number of hydrogen-bond donors (Lipinski definition) is 2. The lowest BCUT2D eigenvalue weighted by Crippen LogP contribution is -2.28. The van der Waals surface area contributed by atoms with Crippen molar-refractivity contribution in [1.82, 2.24) is 0 Å². The number of unbranched alkanes of at least 4 members (excludes halogenated alkanes) is 1. The van der Waals surface area contributed by atoms with Crippen molar-refractivity contribution in [3.05, 3.63) is 24.3 Å². The van der Waals surface area contributed by atoms with Crippen LogP contribution in [0.25, 0.3) is 0 Å². The summed E-state index contributed by atoms with van der Waals surface area (Å²) in [5.41, 5.74) is 6.77. The van der Waals surface area contributed by atoms with E-state index in [4.69, 9.17) is 10.5 Å². The highest BCUT2D eigenvalue weighted by atomic mass is 16.5. The molecule has 1 aromatic rings. The monoisotopic (exact) mass is 222 g/mol. The Morgan fingerprint density at radius 3 is 2.75 bits per heavy atom. The predicted octanol–water partition coefficient (Wildman–Crippen LogP) is 2.62. The molecule has 0 heterocycles. The first-order valence-electron chi connectivity index (χ1n) is 5.91. The van der Waals surface area contributed by atoms with Crippen molar-refractivity contribution in [3.63, 3.8) is 0 Å². The van der Waals surface area contributed by atoms with Crippen LogP contribution < -0.4 is 15.8 Å². The lowest BCUT2D eigenvalue weighted by Gasteiger charge is -2.19. The Labute approximate surface area is 98.0 Å². The lowest BCUT2D eigenvalue weighted by molar-refractivity contribution is 0.415. The normalized spacial score (nSPS) is 12.2. The van der Waals surface area contributed by atoms with Crippen LogP contribution in [0.4, 0.5) is 5.69 Å². The fourth-order valence-corrected chi connectivity index (χ4v) is 1.68. The van der Waals surface area contributed by atoms with Gasteiger partial charge in [0.15, 0.2) is 0 Å². The third kappa shape index (κ3) is 3.74. The van der Waals surface area contributed by atoms with E-state index in [9.17, 15) is 0 Å². The first kappa shape index (κ1) is 12.8. The molecule has 0 spiro atoms. The number of ether oxygens (including phenoxy) is 1. The second kappa shape index (κ2) is 7.12. The largest absolute Gasteiger partial charge is 0.495 e. The van der Waals surface area contributed by atoms with E-state index in [-0.39, 0.29) is 0 Å². The highest BCUT2D eigenvalue weighted by Gasteiger charge is 2.08. The van der Waals surface area contributed by atoms with E-state index in [2.05, 4.69) is 12.2 Å². The third-order valence-electron chi connectivity index (χ3n) is 2.66. The number of methoxy groups -OCH3 is 1. The number of nitrogens with one attached hydrogen (secondary N) is 1. The van der Waals surface area contributed by atoms with Gasteiger partial charge in [0.2, 0.25) is 0 Å². The van der Waals surface area contributed by atoms with Gasteiger partial charge in [-0.3, -0.25) is 0 Å². The molecule has 0 amide bonds. The zero-order valence-corrected chi connectivity index (χ0v) is 10.2. The number of anilines is 1. The maximum atomic E-state index is 5.75. The molecule has 3 N–H and O–H groups in total. The van der Waals surface area contributed by atoms with E-state index in [1.807, 2.05) is 24.3 Å². The first-order chi connectivity index (χ1) is 7.81. The van der Waals surface area contributed by atoms with Gasteiger partial charge in [0.05, 0.1) is 12.8 Å². The van der Waals surface area contributed by atoms with Crippen LogP contribution in [0.3, 0.4) is 0 Å². The smallest absolute Gasteiger partial charge is 0.141 e.